The van der Waals surface area contributed by atoms with E-state index in [2.05, 4.69) is 20.8 Å². The van der Waals surface area contributed by atoms with Crippen molar-refractivity contribution >= 4 is 17.9 Å². The van der Waals surface area contributed by atoms with Crippen LogP contribution in [0, 0.1) is 46.3 Å². The Hall–Kier alpha value is -1.63. The van der Waals surface area contributed by atoms with Crippen molar-refractivity contribution in [3.63, 3.8) is 0 Å². The molecule has 2 N–H and O–H groups in total. The van der Waals surface area contributed by atoms with Gasteiger partial charge in [0.2, 0.25) is 0 Å². The summed E-state index contributed by atoms with van der Waals surface area (Å²) >= 11 is 0. The molecule has 0 saturated heterocycles. The fourth-order valence-corrected chi connectivity index (χ4v) is 9.99. The summed E-state index contributed by atoms with van der Waals surface area (Å²) in [6.45, 7) is 18.5. The molecule has 42 heavy (non-hydrogen) atoms. The molecule has 0 aromatic heterocycles. The Balaban J connectivity index is 1.34. The smallest absolute Gasteiger partial charge is 0.323 e. The van der Waals surface area contributed by atoms with Crippen molar-refractivity contribution in [2.24, 2.45) is 52.1 Å². The SMILES string of the molecule is C[C@H](CC(=O)OC(C)(C)C)C1CCC2C3CCC4C[C@H](OC(=O)[C@@H](N)CC(=O)OC(C)(C)C)CCC4(C)C3CC[C@@]21C. The van der Waals surface area contributed by atoms with Gasteiger partial charge in [-0.25, -0.2) is 0 Å². The second kappa shape index (κ2) is 12.0. The molecular weight excluding hydrogens is 530 g/mol. The minimum atomic E-state index is -0.993. The largest absolute Gasteiger partial charge is 0.461 e. The van der Waals surface area contributed by atoms with Crippen molar-refractivity contribution in [2.45, 2.75) is 156 Å². The fraction of sp³-hybridized carbons (Fsp3) is 0.914. The Bertz CT molecular complexity index is 1010. The molecule has 0 spiro atoms. The Morgan fingerprint density at radius 2 is 1.36 bits per heavy atom. The molecule has 7 nitrogen and oxygen atoms in total. The van der Waals surface area contributed by atoms with Crippen LogP contribution in [0.15, 0.2) is 0 Å². The van der Waals surface area contributed by atoms with Crippen LogP contribution in [0.25, 0.3) is 0 Å². The Labute approximate surface area is 254 Å². The number of hydrogen-bond donors (Lipinski definition) is 1. The summed E-state index contributed by atoms with van der Waals surface area (Å²) in [5, 5.41) is 0. The number of carbonyl (C=O) groups is 3. The average molecular weight is 590 g/mol. The van der Waals surface area contributed by atoms with E-state index in [4.69, 9.17) is 19.9 Å². The van der Waals surface area contributed by atoms with Gasteiger partial charge in [-0.05, 0) is 146 Å². The highest BCUT2D eigenvalue weighted by Gasteiger charge is 2.61. The first-order valence-corrected chi connectivity index (χ1v) is 16.7. The maximum absolute atomic E-state index is 12.8. The molecule has 6 unspecified atom stereocenters. The highest BCUT2D eigenvalue weighted by Crippen LogP contribution is 2.68. The van der Waals surface area contributed by atoms with Gasteiger partial charge < -0.3 is 19.9 Å². The van der Waals surface area contributed by atoms with E-state index in [0.29, 0.717) is 35.5 Å². The van der Waals surface area contributed by atoms with Crippen LogP contribution in [0.5, 0.6) is 0 Å². The third kappa shape index (κ3) is 7.18. The molecule has 4 rings (SSSR count). The molecule has 0 amide bonds. The van der Waals surface area contributed by atoms with Gasteiger partial charge in [-0.2, -0.15) is 0 Å². The number of esters is 3. The lowest BCUT2D eigenvalue weighted by atomic mass is 9.44. The predicted octanol–water partition coefficient (Wildman–Crippen LogP) is 6.98. The van der Waals surface area contributed by atoms with Crippen molar-refractivity contribution < 1.29 is 28.6 Å². The molecule has 7 heteroatoms. The number of ether oxygens (including phenoxy) is 3. The van der Waals surface area contributed by atoms with Crippen molar-refractivity contribution in [3.05, 3.63) is 0 Å². The fourth-order valence-electron chi connectivity index (χ4n) is 9.99. The highest BCUT2D eigenvalue weighted by molar-refractivity contribution is 5.82. The molecule has 4 fully saturated rings. The second-order valence-electron chi connectivity index (χ2n) is 16.9. The normalized spacial score (nSPS) is 37.9. The van der Waals surface area contributed by atoms with E-state index in [1.165, 1.54) is 38.5 Å². The lowest BCUT2D eigenvalue weighted by Crippen LogP contribution is -2.54. The van der Waals surface area contributed by atoms with Crippen LogP contribution >= 0.6 is 0 Å². The summed E-state index contributed by atoms with van der Waals surface area (Å²) < 4.78 is 16.9. The molecule has 0 bridgehead atoms. The van der Waals surface area contributed by atoms with Crippen LogP contribution in [-0.2, 0) is 28.6 Å². The van der Waals surface area contributed by atoms with Gasteiger partial charge in [0.05, 0.1) is 6.42 Å². The summed E-state index contributed by atoms with van der Waals surface area (Å²) in [6.07, 6.45) is 10.5. The summed E-state index contributed by atoms with van der Waals surface area (Å²) in [7, 11) is 0. The zero-order chi connectivity index (χ0) is 31.3. The second-order valence-corrected chi connectivity index (χ2v) is 16.9. The third-order valence-electron chi connectivity index (χ3n) is 11.7. The Morgan fingerprint density at radius 3 is 1.98 bits per heavy atom. The maximum atomic E-state index is 12.8. The van der Waals surface area contributed by atoms with Crippen LogP contribution in [0.2, 0.25) is 0 Å². The van der Waals surface area contributed by atoms with E-state index in [1.54, 1.807) is 20.8 Å². The Morgan fingerprint density at radius 1 is 0.786 bits per heavy atom. The van der Waals surface area contributed by atoms with Crippen molar-refractivity contribution in [1.29, 1.82) is 0 Å². The van der Waals surface area contributed by atoms with Crippen molar-refractivity contribution in [3.8, 4) is 0 Å². The van der Waals surface area contributed by atoms with Crippen molar-refractivity contribution in [2.75, 3.05) is 0 Å². The van der Waals surface area contributed by atoms with Gasteiger partial charge in [0.15, 0.2) is 0 Å². The number of carbonyl (C=O) groups excluding carboxylic acids is 3. The monoisotopic (exact) mass is 589 g/mol. The molecular formula is C35H59NO6. The zero-order valence-electron chi connectivity index (χ0n) is 27.9. The van der Waals surface area contributed by atoms with Gasteiger partial charge in [-0.15, -0.1) is 0 Å². The van der Waals surface area contributed by atoms with Crippen LogP contribution in [0.3, 0.4) is 0 Å². The molecule has 4 saturated carbocycles. The van der Waals surface area contributed by atoms with Gasteiger partial charge in [0.1, 0.15) is 23.3 Å². The molecule has 0 aliphatic heterocycles. The Kier molecular flexibility index (Phi) is 9.54. The number of nitrogens with two attached hydrogens (primary N) is 1. The summed E-state index contributed by atoms with van der Waals surface area (Å²) in [4.78, 5) is 37.6. The average Bonchev–Trinajstić information content (AvgIpc) is 3.19. The predicted molar refractivity (Wildman–Crippen MR) is 163 cm³/mol. The number of rotatable bonds is 7. The zero-order valence-corrected chi connectivity index (χ0v) is 27.9. The minimum Gasteiger partial charge on any atom is -0.461 e. The maximum Gasteiger partial charge on any atom is 0.323 e. The summed E-state index contributed by atoms with van der Waals surface area (Å²) in [6, 6.07) is -0.993. The topological polar surface area (TPSA) is 105 Å². The van der Waals surface area contributed by atoms with E-state index in [1.807, 2.05) is 20.8 Å². The van der Waals surface area contributed by atoms with E-state index in [0.717, 1.165) is 31.1 Å². The van der Waals surface area contributed by atoms with Crippen molar-refractivity contribution in [1.82, 2.24) is 0 Å². The molecule has 240 valence electrons. The first kappa shape index (κ1) is 33.3. The van der Waals surface area contributed by atoms with Gasteiger partial charge in [0.25, 0.3) is 0 Å². The summed E-state index contributed by atoms with van der Waals surface area (Å²) in [5.74, 6) is 2.60. The third-order valence-corrected chi connectivity index (χ3v) is 11.7. The molecule has 4 aliphatic carbocycles. The van der Waals surface area contributed by atoms with Gasteiger partial charge >= 0.3 is 17.9 Å². The van der Waals surface area contributed by atoms with E-state index in [9.17, 15) is 14.4 Å². The van der Waals surface area contributed by atoms with E-state index >= 15 is 0 Å². The quantitative estimate of drug-likeness (QED) is 0.252. The van der Waals surface area contributed by atoms with Crippen LogP contribution < -0.4 is 5.73 Å². The molecule has 0 aromatic carbocycles. The van der Waals surface area contributed by atoms with Crippen LogP contribution in [-0.4, -0.2) is 41.3 Å². The molecule has 4 aliphatic rings. The number of fused-ring (bicyclic) bond motifs is 5. The molecule has 10 atom stereocenters. The summed E-state index contributed by atoms with van der Waals surface area (Å²) in [5.41, 5.74) is 5.56. The van der Waals surface area contributed by atoms with Gasteiger partial charge in [-0.1, -0.05) is 20.8 Å². The van der Waals surface area contributed by atoms with E-state index < -0.39 is 29.2 Å². The van der Waals surface area contributed by atoms with Gasteiger partial charge in [-0.3, -0.25) is 14.4 Å². The van der Waals surface area contributed by atoms with Crippen LogP contribution in [0.1, 0.15) is 133 Å². The van der Waals surface area contributed by atoms with Crippen LogP contribution in [0.4, 0.5) is 0 Å². The number of hydrogen-bond acceptors (Lipinski definition) is 7. The standard InChI is InChI=1S/C35H59NO6/c1-21(18-29(37)41-32(2,3)4)25-12-13-26-24-11-10-22-19-23(14-16-34(22,8)27(24)15-17-35(25,26)9)40-31(39)28(36)20-30(38)42-33(5,6)7/h21-28H,10-20,36H2,1-9H3/t21-,22?,23-,24?,25?,26?,27?,28+,34?,35-/m1/s1. The lowest BCUT2D eigenvalue weighted by Gasteiger charge is -2.61. The lowest BCUT2D eigenvalue weighted by molar-refractivity contribution is -0.168. The molecule has 0 radical (unpaired) electrons. The molecule has 0 aromatic rings. The van der Waals surface area contributed by atoms with Gasteiger partial charge in [0, 0.05) is 6.42 Å². The minimum absolute atomic E-state index is 0.0630. The highest BCUT2D eigenvalue weighted by atomic mass is 16.6. The van der Waals surface area contributed by atoms with E-state index in [-0.39, 0.29) is 23.9 Å². The molecule has 0 heterocycles. The first-order chi connectivity index (χ1) is 19.3. The first-order valence-electron chi connectivity index (χ1n) is 16.7.